The number of ether oxygens (including phenoxy) is 1. The van der Waals surface area contributed by atoms with E-state index in [0.717, 1.165) is 5.56 Å². The molecule has 128 valence electrons. The zero-order valence-electron chi connectivity index (χ0n) is 14.3. The summed E-state index contributed by atoms with van der Waals surface area (Å²) in [6.07, 6.45) is 0. The van der Waals surface area contributed by atoms with Gasteiger partial charge in [-0.1, -0.05) is 30.3 Å². The fourth-order valence-corrected chi connectivity index (χ4v) is 2.51. The molecule has 0 fully saturated rings. The van der Waals surface area contributed by atoms with Gasteiger partial charge in [-0.25, -0.2) is 0 Å². The van der Waals surface area contributed by atoms with Gasteiger partial charge in [-0.2, -0.15) is 5.26 Å². The van der Waals surface area contributed by atoms with E-state index in [1.54, 1.807) is 48.5 Å². The van der Waals surface area contributed by atoms with Crippen molar-refractivity contribution in [1.29, 1.82) is 5.26 Å². The molecule has 1 atom stereocenters. The van der Waals surface area contributed by atoms with Crippen molar-refractivity contribution in [3.8, 4) is 17.6 Å². The molecule has 0 aliphatic heterocycles. The Kier molecular flexibility index (Phi) is 5.31. The molecular formula is C22H18N2O2. The van der Waals surface area contributed by atoms with Crippen LogP contribution in [-0.2, 0) is 0 Å². The molecule has 0 saturated carbocycles. The SMILES string of the molecule is C[C@H](NC(=O)c1ccc(Oc2ccc(C#N)cc2)cc1)c1ccccc1. The van der Waals surface area contributed by atoms with E-state index in [1.807, 2.05) is 37.3 Å². The number of benzene rings is 3. The molecule has 0 aliphatic carbocycles. The van der Waals surface area contributed by atoms with E-state index >= 15 is 0 Å². The number of carbonyl (C=O) groups is 1. The topological polar surface area (TPSA) is 62.1 Å². The Bertz CT molecular complexity index is 911. The van der Waals surface area contributed by atoms with Gasteiger partial charge in [-0.05, 0) is 61.0 Å². The molecule has 0 radical (unpaired) electrons. The highest BCUT2D eigenvalue weighted by Crippen LogP contribution is 2.22. The van der Waals surface area contributed by atoms with Crippen molar-refractivity contribution in [3.63, 3.8) is 0 Å². The average Bonchev–Trinajstić information content (AvgIpc) is 2.69. The van der Waals surface area contributed by atoms with Crippen LogP contribution in [0.1, 0.15) is 34.5 Å². The van der Waals surface area contributed by atoms with Crippen LogP contribution in [0.15, 0.2) is 78.9 Å². The second-order valence-electron chi connectivity index (χ2n) is 5.87. The molecule has 0 spiro atoms. The Morgan fingerprint density at radius 1 is 0.923 bits per heavy atom. The van der Waals surface area contributed by atoms with Gasteiger partial charge in [0, 0.05) is 5.56 Å². The molecule has 0 unspecified atom stereocenters. The maximum Gasteiger partial charge on any atom is 0.251 e. The summed E-state index contributed by atoms with van der Waals surface area (Å²) in [5.74, 6) is 1.13. The van der Waals surface area contributed by atoms with Gasteiger partial charge in [0.05, 0.1) is 17.7 Å². The molecule has 0 heterocycles. The van der Waals surface area contributed by atoms with Crippen LogP contribution < -0.4 is 10.1 Å². The lowest BCUT2D eigenvalue weighted by Crippen LogP contribution is -2.26. The Morgan fingerprint density at radius 2 is 1.50 bits per heavy atom. The van der Waals surface area contributed by atoms with E-state index in [2.05, 4.69) is 11.4 Å². The van der Waals surface area contributed by atoms with Crippen molar-refractivity contribution in [2.75, 3.05) is 0 Å². The lowest BCUT2D eigenvalue weighted by molar-refractivity contribution is 0.0940. The third-order valence-corrected chi connectivity index (χ3v) is 3.98. The highest BCUT2D eigenvalue weighted by molar-refractivity contribution is 5.94. The number of nitrogens with one attached hydrogen (secondary N) is 1. The summed E-state index contributed by atoms with van der Waals surface area (Å²) in [5, 5.41) is 11.8. The van der Waals surface area contributed by atoms with Crippen LogP contribution in [0.25, 0.3) is 0 Å². The average molecular weight is 342 g/mol. The van der Waals surface area contributed by atoms with Gasteiger partial charge < -0.3 is 10.1 Å². The van der Waals surface area contributed by atoms with Crippen LogP contribution in [-0.4, -0.2) is 5.91 Å². The summed E-state index contributed by atoms with van der Waals surface area (Å²) in [4.78, 5) is 12.4. The number of nitriles is 1. The Labute approximate surface area is 152 Å². The maximum absolute atomic E-state index is 12.4. The first-order chi connectivity index (χ1) is 12.7. The zero-order chi connectivity index (χ0) is 18.4. The molecular weight excluding hydrogens is 324 g/mol. The van der Waals surface area contributed by atoms with Gasteiger partial charge in [-0.3, -0.25) is 4.79 Å². The second kappa shape index (κ2) is 8.00. The molecule has 1 amide bonds. The van der Waals surface area contributed by atoms with E-state index in [0.29, 0.717) is 22.6 Å². The smallest absolute Gasteiger partial charge is 0.251 e. The van der Waals surface area contributed by atoms with Crippen molar-refractivity contribution in [2.24, 2.45) is 0 Å². The van der Waals surface area contributed by atoms with Crippen molar-refractivity contribution < 1.29 is 9.53 Å². The fourth-order valence-electron chi connectivity index (χ4n) is 2.51. The first-order valence-corrected chi connectivity index (χ1v) is 8.29. The number of nitrogens with zero attached hydrogens (tertiary/aromatic N) is 1. The van der Waals surface area contributed by atoms with Gasteiger partial charge in [0.2, 0.25) is 0 Å². The summed E-state index contributed by atoms with van der Waals surface area (Å²) >= 11 is 0. The van der Waals surface area contributed by atoms with Crippen LogP contribution in [0.5, 0.6) is 11.5 Å². The molecule has 3 aromatic carbocycles. The summed E-state index contributed by atoms with van der Waals surface area (Å²) in [6.45, 7) is 1.95. The third kappa shape index (κ3) is 4.28. The predicted octanol–water partition coefficient (Wildman–Crippen LogP) is 4.84. The molecule has 1 N–H and O–H groups in total. The molecule has 0 aliphatic rings. The van der Waals surface area contributed by atoms with Crippen molar-refractivity contribution in [2.45, 2.75) is 13.0 Å². The molecule has 4 heteroatoms. The van der Waals surface area contributed by atoms with Gasteiger partial charge in [-0.15, -0.1) is 0 Å². The number of hydrogen-bond donors (Lipinski definition) is 1. The summed E-state index contributed by atoms with van der Waals surface area (Å²) in [7, 11) is 0. The van der Waals surface area contributed by atoms with Gasteiger partial charge >= 0.3 is 0 Å². The lowest BCUT2D eigenvalue weighted by Gasteiger charge is -2.14. The lowest BCUT2D eigenvalue weighted by atomic mass is 10.1. The number of amides is 1. The molecule has 0 aromatic heterocycles. The van der Waals surface area contributed by atoms with E-state index in [1.165, 1.54) is 0 Å². The summed E-state index contributed by atoms with van der Waals surface area (Å²) in [5.41, 5.74) is 2.21. The van der Waals surface area contributed by atoms with Crippen LogP contribution >= 0.6 is 0 Å². The summed E-state index contributed by atoms with van der Waals surface area (Å²) in [6, 6.07) is 25.6. The van der Waals surface area contributed by atoms with E-state index in [4.69, 9.17) is 10.00 Å². The standard InChI is InChI=1S/C22H18N2O2/c1-16(18-5-3-2-4-6-18)24-22(25)19-9-13-21(14-10-19)26-20-11-7-17(15-23)8-12-20/h2-14,16H,1H3,(H,24,25)/t16-/m0/s1. The second-order valence-corrected chi connectivity index (χ2v) is 5.87. The van der Waals surface area contributed by atoms with E-state index in [-0.39, 0.29) is 11.9 Å². The first kappa shape index (κ1) is 17.2. The fraction of sp³-hybridized carbons (Fsp3) is 0.0909. The first-order valence-electron chi connectivity index (χ1n) is 8.29. The van der Waals surface area contributed by atoms with Crippen LogP contribution in [0, 0.1) is 11.3 Å². The Balaban J connectivity index is 1.63. The van der Waals surface area contributed by atoms with Crippen LogP contribution in [0.3, 0.4) is 0 Å². The van der Waals surface area contributed by atoms with Crippen molar-refractivity contribution in [1.82, 2.24) is 5.32 Å². The normalized spacial score (nSPS) is 11.2. The predicted molar refractivity (Wildman–Crippen MR) is 100.0 cm³/mol. The quantitative estimate of drug-likeness (QED) is 0.721. The number of rotatable bonds is 5. The Morgan fingerprint density at radius 3 is 2.08 bits per heavy atom. The molecule has 0 bridgehead atoms. The molecule has 0 saturated heterocycles. The Hall–Kier alpha value is -3.58. The van der Waals surface area contributed by atoms with Crippen LogP contribution in [0.4, 0.5) is 0 Å². The molecule has 3 rings (SSSR count). The van der Waals surface area contributed by atoms with Gasteiger partial charge in [0.1, 0.15) is 11.5 Å². The molecule has 4 nitrogen and oxygen atoms in total. The minimum absolute atomic E-state index is 0.0710. The third-order valence-electron chi connectivity index (χ3n) is 3.98. The van der Waals surface area contributed by atoms with E-state index < -0.39 is 0 Å². The molecule has 3 aromatic rings. The monoisotopic (exact) mass is 342 g/mol. The highest BCUT2D eigenvalue weighted by Gasteiger charge is 2.11. The van der Waals surface area contributed by atoms with Gasteiger partial charge in [0.25, 0.3) is 5.91 Å². The van der Waals surface area contributed by atoms with Crippen LogP contribution in [0.2, 0.25) is 0 Å². The minimum atomic E-state index is -0.133. The maximum atomic E-state index is 12.4. The van der Waals surface area contributed by atoms with Crippen molar-refractivity contribution in [3.05, 3.63) is 95.6 Å². The minimum Gasteiger partial charge on any atom is -0.457 e. The van der Waals surface area contributed by atoms with E-state index in [9.17, 15) is 4.79 Å². The number of hydrogen-bond acceptors (Lipinski definition) is 3. The molecule has 26 heavy (non-hydrogen) atoms. The number of carbonyl (C=O) groups excluding carboxylic acids is 1. The highest BCUT2D eigenvalue weighted by atomic mass is 16.5. The van der Waals surface area contributed by atoms with Crippen molar-refractivity contribution >= 4 is 5.91 Å². The summed E-state index contributed by atoms with van der Waals surface area (Å²) < 4.78 is 5.72. The zero-order valence-corrected chi connectivity index (χ0v) is 14.3. The largest absolute Gasteiger partial charge is 0.457 e. The van der Waals surface area contributed by atoms with Gasteiger partial charge in [0.15, 0.2) is 0 Å².